The normalized spacial score (nSPS) is 15.4. The Labute approximate surface area is 199 Å². The Bertz CT molecular complexity index is 1060. The van der Waals surface area contributed by atoms with Crippen molar-refractivity contribution in [2.24, 2.45) is 0 Å². The van der Waals surface area contributed by atoms with E-state index in [9.17, 15) is 18.8 Å². The van der Waals surface area contributed by atoms with Crippen molar-refractivity contribution >= 4 is 23.5 Å². The van der Waals surface area contributed by atoms with Crippen LogP contribution in [0.2, 0.25) is 0 Å². The molecule has 9 nitrogen and oxygen atoms in total. The molecule has 0 atom stereocenters. The first kappa shape index (κ1) is 24.9. The highest BCUT2D eigenvalue weighted by molar-refractivity contribution is 5.87. The molecule has 0 unspecified atom stereocenters. The number of carbonyl (C=O) groups is 2. The molecule has 2 N–H and O–H groups in total. The maximum Gasteiger partial charge on any atom is 0.288 e. The van der Waals surface area contributed by atoms with Gasteiger partial charge in [-0.15, -0.1) is 0 Å². The molecule has 2 aliphatic rings. The summed E-state index contributed by atoms with van der Waals surface area (Å²) < 4.78 is 18.6. The highest BCUT2D eigenvalue weighted by Crippen LogP contribution is 2.19. The fraction of sp³-hybridized carbons (Fsp3) is 0.417. The lowest BCUT2D eigenvalue weighted by molar-refractivity contribution is -0.128. The van der Waals surface area contributed by atoms with Gasteiger partial charge in [-0.1, -0.05) is 12.6 Å². The molecule has 0 radical (unpaired) electrons. The van der Waals surface area contributed by atoms with Crippen molar-refractivity contribution in [1.82, 2.24) is 19.8 Å². The van der Waals surface area contributed by atoms with Crippen LogP contribution in [0.4, 0.5) is 16.0 Å². The van der Waals surface area contributed by atoms with E-state index in [2.05, 4.69) is 21.9 Å². The summed E-state index contributed by atoms with van der Waals surface area (Å²) in [6.45, 7) is 7.04. The maximum atomic E-state index is 12.9. The molecular formula is C24H32FN5O4. The standard InChI is InChI=1S/C16H17FN4O3.C8H13NO.H2/c17-13-10-18-16(20-15(13)23)19-11-3-1-4-12(9-11)24-8-7-21-6-2-5-14(21)22;1-2-8(10)9-6-4-3-5-7-9;/h1,3-4,9-10H,2,5-8H2,(H2,18,19,20,23);2H,1,3-7H2;1H. The molecule has 2 aliphatic heterocycles. The fourth-order valence-electron chi connectivity index (χ4n) is 3.70. The van der Waals surface area contributed by atoms with Crippen LogP contribution in [0.15, 0.2) is 47.9 Å². The molecule has 1 aromatic carbocycles. The van der Waals surface area contributed by atoms with E-state index >= 15 is 0 Å². The van der Waals surface area contributed by atoms with Crippen LogP contribution in [0.5, 0.6) is 5.75 Å². The van der Waals surface area contributed by atoms with Crippen molar-refractivity contribution in [1.29, 1.82) is 0 Å². The summed E-state index contributed by atoms with van der Waals surface area (Å²) >= 11 is 0. The number of carbonyl (C=O) groups excluding carboxylic acids is 2. The Kier molecular flexibility index (Phi) is 9.19. The van der Waals surface area contributed by atoms with Gasteiger partial charge in [-0.25, -0.2) is 4.98 Å². The number of piperidine rings is 1. The molecule has 10 heteroatoms. The number of hydrogen-bond donors (Lipinski definition) is 2. The van der Waals surface area contributed by atoms with Gasteiger partial charge in [0.1, 0.15) is 12.4 Å². The number of ether oxygens (including phenoxy) is 1. The maximum absolute atomic E-state index is 12.9. The topological polar surface area (TPSA) is 108 Å². The average Bonchev–Trinajstić information content (AvgIpc) is 3.27. The van der Waals surface area contributed by atoms with Crippen molar-refractivity contribution in [3.63, 3.8) is 0 Å². The molecule has 2 saturated heterocycles. The summed E-state index contributed by atoms with van der Waals surface area (Å²) in [6.07, 6.45) is 7.34. The second-order valence-electron chi connectivity index (χ2n) is 7.98. The Balaban J connectivity index is 0.000000332. The van der Waals surface area contributed by atoms with E-state index in [0.29, 0.717) is 31.0 Å². The zero-order chi connectivity index (χ0) is 24.3. The molecule has 2 fully saturated rings. The Morgan fingerprint density at radius 2 is 2.03 bits per heavy atom. The monoisotopic (exact) mass is 473 g/mol. The van der Waals surface area contributed by atoms with E-state index in [4.69, 9.17) is 4.74 Å². The van der Waals surface area contributed by atoms with Crippen molar-refractivity contribution < 1.29 is 20.1 Å². The van der Waals surface area contributed by atoms with Crippen LogP contribution in [0, 0.1) is 5.82 Å². The van der Waals surface area contributed by atoms with Crippen LogP contribution in [-0.4, -0.2) is 64.4 Å². The second kappa shape index (κ2) is 12.5. The summed E-state index contributed by atoms with van der Waals surface area (Å²) in [5.41, 5.74) is -0.199. The minimum Gasteiger partial charge on any atom is -0.492 e. The molecule has 0 saturated carbocycles. The van der Waals surface area contributed by atoms with Crippen LogP contribution in [0.1, 0.15) is 33.5 Å². The number of aromatic nitrogens is 2. The molecule has 0 bridgehead atoms. The van der Waals surface area contributed by atoms with E-state index in [0.717, 1.165) is 45.1 Å². The largest absolute Gasteiger partial charge is 0.492 e. The van der Waals surface area contributed by atoms with Gasteiger partial charge in [-0.3, -0.25) is 19.4 Å². The summed E-state index contributed by atoms with van der Waals surface area (Å²) in [5.74, 6) is 0.0754. The van der Waals surface area contributed by atoms with Gasteiger partial charge in [0.15, 0.2) is 0 Å². The van der Waals surface area contributed by atoms with Crippen LogP contribution in [0.3, 0.4) is 0 Å². The Morgan fingerprint density at radius 1 is 1.24 bits per heavy atom. The number of benzene rings is 1. The van der Waals surface area contributed by atoms with Gasteiger partial charge < -0.3 is 19.9 Å². The molecule has 184 valence electrons. The molecule has 4 rings (SSSR count). The molecule has 3 heterocycles. The molecule has 2 aromatic rings. The predicted octanol–water partition coefficient (Wildman–Crippen LogP) is 3.08. The number of hydrogen-bond acceptors (Lipinski definition) is 6. The highest BCUT2D eigenvalue weighted by Gasteiger charge is 2.19. The van der Waals surface area contributed by atoms with Crippen molar-refractivity contribution in [3.8, 4) is 5.75 Å². The average molecular weight is 474 g/mol. The van der Waals surface area contributed by atoms with Crippen LogP contribution >= 0.6 is 0 Å². The Morgan fingerprint density at radius 3 is 2.71 bits per heavy atom. The van der Waals surface area contributed by atoms with Crippen LogP contribution in [-0.2, 0) is 9.59 Å². The Hall–Kier alpha value is -3.69. The van der Waals surface area contributed by atoms with Crippen LogP contribution < -0.4 is 15.6 Å². The highest BCUT2D eigenvalue weighted by atomic mass is 19.1. The SMILES string of the molecule is C=CC(=O)N1CCCCC1.O=C1CCCN1CCOc1cccc(Nc2ncc(F)c(=O)[nH]2)c1.[HH]. The van der Waals surface area contributed by atoms with Gasteiger partial charge in [0, 0.05) is 39.2 Å². The lowest BCUT2D eigenvalue weighted by atomic mass is 10.1. The summed E-state index contributed by atoms with van der Waals surface area (Å²) in [6, 6.07) is 7.06. The third kappa shape index (κ3) is 7.43. The van der Waals surface area contributed by atoms with Gasteiger partial charge in [-0.05, 0) is 43.9 Å². The predicted molar refractivity (Wildman–Crippen MR) is 129 cm³/mol. The van der Waals surface area contributed by atoms with E-state index in [-0.39, 0.29) is 19.2 Å². The first-order valence-corrected chi connectivity index (χ1v) is 11.4. The second-order valence-corrected chi connectivity index (χ2v) is 7.98. The van der Waals surface area contributed by atoms with Gasteiger partial charge in [0.05, 0.1) is 12.7 Å². The van der Waals surface area contributed by atoms with Crippen molar-refractivity contribution in [2.45, 2.75) is 32.1 Å². The quantitative estimate of drug-likeness (QED) is 0.599. The molecule has 1 aromatic heterocycles. The number of rotatable bonds is 7. The molecular weight excluding hydrogens is 441 g/mol. The third-order valence-corrected chi connectivity index (χ3v) is 5.50. The zero-order valence-corrected chi connectivity index (χ0v) is 19.1. The summed E-state index contributed by atoms with van der Waals surface area (Å²) in [5, 5.41) is 2.87. The number of nitrogens with one attached hydrogen (secondary N) is 2. The summed E-state index contributed by atoms with van der Waals surface area (Å²) in [7, 11) is 0. The first-order chi connectivity index (χ1) is 16.5. The fourth-order valence-corrected chi connectivity index (χ4v) is 3.70. The number of H-pyrrole nitrogens is 1. The number of nitrogens with zero attached hydrogens (tertiary/aromatic N) is 3. The molecule has 0 spiro atoms. The zero-order valence-electron chi connectivity index (χ0n) is 19.1. The molecule has 34 heavy (non-hydrogen) atoms. The van der Waals surface area contributed by atoms with E-state index in [1.54, 1.807) is 29.2 Å². The minimum atomic E-state index is -0.936. The van der Waals surface area contributed by atoms with Crippen molar-refractivity contribution in [2.75, 3.05) is 38.1 Å². The van der Waals surface area contributed by atoms with E-state index in [1.807, 2.05) is 4.90 Å². The first-order valence-electron chi connectivity index (χ1n) is 11.4. The minimum absolute atomic E-state index is 0. The van der Waals surface area contributed by atoms with Gasteiger partial charge >= 0.3 is 0 Å². The van der Waals surface area contributed by atoms with Crippen molar-refractivity contribution in [3.05, 3.63) is 59.3 Å². The number of amides is 2. The van der Waals surface area contributed by atoms with Gasteiger partial charge in [-0.2, -0.15) is 4.39 Å². The van der Waals surface area contributed by atoms with Gasteiger partial charge in [0.2, 0.25) is 23.6 Å². The van der Waals surface area contributed by atoms with Gasteiger partial charge in [0.25, 0.3) is 5.56 Å². The van der Waals surface area contributed by atoms with Crippen LogP contribution in [0.25, 0.3) is 0 Å². The number of anilines is 2. The smallest absolute Gasteiger partial charge is 0.288 e. The number of halogens is 1. The lowest BCUT2D eigenvalue weighted by Crippen LogP contribution is -2.34. The lowest BCUT2D eigenvalue weighted by Gasteiger charge is -2.25. The number of aromatic amines is 1. The molecule has 0 aliphatic carbocycles. The number of likely N-dealkylation sites (tertiary alicyclic amines) is 2. The molecule has 2 amide bonds. The summed E-state index contributed by atoms with van der Waals surface area (Å²) in [4.78, 5) is 43.4. The van der Waals surface area contributed by atoms with E-state index < -0.39 is 11.4 Å². The van der Waals surface area contributed by atoms with E-state index in [1.165, 1.54) is 12.5 Å². The third-order valence-electron chi connectivity index (χ3n) is 5.50.